The summed E-state index contributed by atoms with van der Waals surface area (Å²) in [4.78, 5) is 4.35. The lowest BCUT2D eigenvalue weighted by Crippen LogP contribution is -2.17. The molecule has 0 radical (unpaired) electrons. The highest BCUT2D eigenvalue weighted by atomic mass is 32.2. The van der Waals surface area contributed by atoms with Crippen LogP contribution in [0.2, 0.25) is 0 Å². The SMILES string of the molecule is Cc1cc(NS(=O)(=O)CCCO)c2ccccc2n1. The van der Waals surface area contributed by atoms with E-state index in [-0.39, 0.29) is 18.8 Å². The lowest BCUT2D eigenvalue weighted by atomic mass is 10.2. The molecule has 0 fully saturated rings. The second-order valence-corrected chi connectivity index (χ2v) is 6.17. The fourth-order valence-electron chi connectivity index (χ4n) is 1.87. The Morgan fingerprint density at radius 2 is 2.05 bits per heavy atom. The zero-order valence-electron chi connectivity index (χ0n) is 10.6. The van der Waals surface area contributed by atoms with Crippen molar-refractivity contribution >= 4 is 26.6 Å². The Hall–Kier alpha value is -1.66. The number of nitrogens with one attached hydrogen (secondary N) is 1. The molecule has 0 spiro atoms. The Balaban J connectivity index is 2.40. The summed E-state index contributed by atoms with van der Waals surface area (Å²) in [6.45, 7) is 1.68. The van der Waals surface area contributed by atoms with Crippen LogP contribution < -0.4 is 4.72 Å². The first kappa shape index (κ1) is 13.8. The van der Waals surface area contributed by atoms with Gasteiger partial charge in [-0.15, -0.1) is 0 Å². The van der Waals surface area contributed by atoms with E-state index >= 15 is 0 Å². The summed E-state index contributed by atoms with van der Waals surface area (Å²) in [5.41, 5.74) is 2.03. The van der Waals surface area contributed by atoms with E-state index in [2.05, 4.69) is 9.71 Å². The molecule has 2 aromatic rings. The first-order valence-corrected chi connectivity index (χ1v) is 7.65. The Labute approximate surface area is 112 Å². The summed E-state index contributed by atoms with van der Waals surface area (Å²) in [5.74, 6) is -0.0980. The number of benzene rings is 1. The minimum Gasteiger partial charge on any atom is -0.396 e. The van der Waals surface area contributed by atoms with Crippen molar-refractivity contribution in [2.75, 3.05) is 17.1 Å². The van der Waals surface area contributed by atoms with E-state index in [0.29, 0.717) is 5.69 Å². The number of hydrogen-bond acceptors (Lipinski definition) is 4. The van der Waals surface area contributed by atoms with Crippen LogP contribution >= 0.6 is 0 Å². The van der Waals surface area contributed by atoms with Crippen molar-refractivity contribution in [2.24, 2.45) is 0 Å². The fraction of sp³-hybridized carbons (Fsp3) is 0.308. The van der Waals surface area contributed by atoms with Crippen LogP contribution in [0.3, 0.4) is 0 Å². The summed E-state index contributed by atoms with van der Waals surface area (Å²) in [7, 11) is -3.44. The Morgan fingerprint density at radius 3 is 2.79 bits per heavy atom. The Morgan fingerprint density at radius 1 is 1.32 bits per heavy atom. The summed E-state index contributed by atoms with van der Waals surface area (Å²) < 4.78 is 26.3. The van der Waals surface area contributed by atoms with E-state index < -0.39 is 10.0 Å². The van der Waals surface area contributed by atoms with Gasteiger partial charge >= 0.3 is 0 Å². The van der Waals surface area contributed by atoms with Crippen molar-refractivity contribution in [3.63, 3.8) is 0 Å². The first-order chi connectivity index (χ1) is 9.02. The van der Waals surface area contributed by atoms with Gasteiger partial charge in [-0.2, -0.15) is 0 Å². The lowest BCUT2D eigenvalue weighted by Gasteiger charge is -2.11. The minimum absolute atomic E-state index is 0.0980. The second kappa shape index (κ2) is 5.54. The molecule has 5 nitrogen and oxygen atoms in total. The Kier molecular flexibility index (Phi) is 4.01. The third kappa shape index (κ3) is 3.42. The molecule has 2 rings (SSSR count). The average Bonchev–Trinajstić information content (AvgIpc) is 2.36. The van der Waals surface area contributed by atoms with Gasteiger partial charge in [-0.3, -0.25) is 9.71 Å². The molecule has 1 aromatic carbocycles. The van der Waals surface area contributed by atoms with Crippen LogP contribution in [0, 0.1) is 6.92 Å². The predicted molar refractivity (Wildman–Crippen MR) is 75.6 cm³/mol. The summed E-state index contributed by atoms with van der Waals surface area (Å²) in [6, 6.07) is 9.07. The molecule has 0 bridgehead atoms. The number of sulfonamides is 1. The van der Waals surface area contributed by atoms with Gasteiger partial charge in [0.1, 0.15) is 0 Å². The smallest absolute Gasteiger partial charge is 0.232 e. The molecule has 2 N–H and O–H groups in total. The highest BCUT2D eigenvalue weighted by molar-refractivity contribution is 7.92. The Bertz CT molecular complexity index is 683. The second-order valence-electron chi connectivity index (χ2n) is 4.33. The van der Waals surface area contributed by atoms with Gasteiger partial charge in [0.25, 0.3) is 0 Å². The van der Waals surface area contributed by atoms with Crippen LogP contribution in [-0.4, -0.2) is 30.9 Å². The number of rotatable bonds is 5. The fourth-order valence-corrected chi connectivity index (χ4v) is 2.98. The van der Waals surface area contributed by atoms with E-state index in [1.54, 1.807) is 6.07 Å². The molecule has 1 aromatic heterocycles. The monoisotopic (exact) mass is 280 g/mol. The van der Waals surface area contributed by atoms with Crippen LogP contribution in [0.1, 0.15) is 12.1 Å². The average molecular weight is 280 g/mol. The van der Waals surface area contributed by atoms with Crippen LogP contribution in [0.5, 0.6) is 0 Å². The standard InChI is InChI=1S/C13H16N2O3S/c1-10-9-13(15-19(17,18)8-4-7-16)11-5-2-3-6-12(11)14-10/h2-3,5-6,9,16H,4,7-8H2,1H3,(H,14,15). The molecule has 0 amide bonds. The molecule has 0 saturated heterocycles. The number of nitrogens with zero attached hydrogens (tertiary/aromatic N) is 1. The minimum atomic E-state index is -3.44. The zero-order chi connectivity index (χ0) is 13.9. The molecule has 102 valence electrons. The number of pyridine rings is 1. The maximum atomic E-state index is 11.9. The van der Waals surface area contributed by atoms with Crippen molar-refractivity contribution in [1.82, 2.24) is 4.98 Å². The normalized spacial score (nSPS) is 11.7. The van der Waals surface area contributed by atoms with Crippen molar-refractivity contribution in [1.29, 1.82) is 0 Å². The maximum Gasteiger partial charge on any atom is 0.232 e. The number of anilines is 1. The van der Waals surface area contributed by atoms with Crippen molar-refractivity contribution in [3.05, 3.63) is 36.0 Å². The molecular formula is C13H16N2O3S. The van der Waals surface area contributed by atoms with Gasteiger partial charge in [0.15, 0.2) is 0 Å². The topological polar surface area (TPSA) is 79.3 Å². The van der Waals surface area contributed by atoms with Crippen LogP contribution in [0.15, 0.2) is 30.3 Å². The van der Waals surface area contributed by atoms with Crippen molar-refractivity contribution in [2.45, 2.75) is 13.3 Å². The molecule has 19 heavy (non-hydrogen) atoms. The lowest BCUT2D eigenvalue weighted by molar-refractivity contribution is 0.295. The van der Waals surface area contributed by atoms with E-state index in [1.165, 1.54) is 0 Å². The molecule has 0 atom stereocenters. The van der Waals surface area contributed by atoms with Crippen LogP contribution in [-0.2, 0) is 10.0 Å². The molecule has 0 aliphatic heterocycles. The molecule has 1 heterocycles. The van der Waals surface area contributed by atoms with Gasteiger partial charge in [-0.05, 0) is 25.5 Å². The number of aryl methyl sites for hydroxylation is 1. The van der Waals surface area contributed by atoms with E-state index in [0.717, 1.165) is 16.6 Å². The van der Waals surface area contributed by atoms with Gasteiger partial charge in [-0.1, -0.05) is 18.2 Å². The number of fused-ring (bicyclic) bond motifs is 1. The van der Waals surface area contributed by atoms with E-state index in [9.17, 15) is 8.42 Å². The number of aliphatic hydroxyl groups is 1. The maximum absolute atomic E-state index is 11.9. The zero-order valence-corrected chi connectivity index (χ0v) is 11.4. The summed E-state index contributed by atoms with van der Waals surface area (Å²) in [6.07, 6.45) is 0.220. The number of aliphatic hydroxyl groups excluding tert-OH is 1. The highest BCUT2D eigenvalue weighted by Gasteiger charge is 2.12. The third-order valence-corrected chi connectivity index (χ3v) is 4.04. The first-order valence-electron chi connectivity index (χ1n) is 5.99. The quantitative estimate of drug-likeness (QED) is 0.873. The molecule has 0 saturated carbocycles. The predicted octanol–water partition coefficient (Wildman–Crippen LogP) is 1.67. The summed E-state index contributed by atoms with van der Waals surface area (Å²) >= 11 is 0. The largest absolute Gasteiger partial charge is 0.396 e. The number of para-hydroxylation sites is 1. The van der Waals surface area contributed by atoms with E-state index in [1.807, 2.05) is 31.2 Å². The summed E-state index contributed by atoms with van der Waals surface area (Å²) in [5, 5.41) is 9.47. The van der Waals surface area contributed by atoms with Crippen LogP contribution in [0.4, 0.5) is 5.69 Å². The van der Waals surface area contributed by atoms with Crippen LogP contribution in [0.25, 0.3) is 10.9 Å². The molecule has 6 heteroatoms. The molecule has 0 unspecified atom stereocenters. The third-order valence-electron chi connectivity index (χ3n) is 2.68. The van der Waals surface area contributed by atoms with Gasteiger partial charge in [0, 0.05) is 17.7 Å². The molecule has 0 aliphatic carbocycles. The van der Waals surface area contributed by atoms with Gasteiger partial charge < -0.3 is 5.11 Å². The molecule has 0 aliphatic rings. The van der Waals surface area contributed by atoms with Gasteiger partial charge in [0.05, 0.1) is 17.0 Å². The van der Waals surface area contributed by atoms with E-state index in [4.69, 9.17) is 5.11 Å². The highest BCUT2D eigenvalue weighted by Crippen LogP contribution is 2.23. The van der Waals surface area contributed by atoms with Gasteiger partial charge in [0.2, 0.25) is 10.0 Å². The number of hydrogen-bond donors (Lipinski definition) is 2. The molecular weight excluding hydrogens is 264 g/mol. The van der Waals surface area contributed by atoms with Gasteiger partial charge in [-0.25, -0.2) is 8.42 Å². The van der Waals surface area contributed by atoms with Crippen molar-refractivity contribution < 1.29 is 13.5 Å². The number of aromatic nitrogens is 1. The van der Waals surface area contributed by atoms with Crippen molar-refractivity contribution in [3.8, 4) is 0 Å².